The molecule has 206 valence electrons. The van der Waals surface area contributed by atoms with Crippen molar-refractivity contribution in [1.29, 1.82) is 5.26 Å². The molecule has 1 fully saturated rings. The summed E-state index contributed by atoms with van der Waals surface area (Å²) in [6.07, 6.45) is -1.74. The summed E-state index contributed by atoms with van der Waals surface area (Å²) in [7, 11) is 0. The van der Waals surface area contributed by atoms with Crippen LogP contribution in [0.2, 0.25) is 0 Å². The van der Waals surface area contributed by atoms with E-state index >= 15 is 0 Å². The number of amides is 1. The number of rotatable bonds is 6. The van der Waals surface area contributed by atoms with Crippen LogP contribution in [0.4, 0.5) is 19.0 Å². The van der Waals surface area contributed by atoms with Gasteiger partial charge in [0.2, 0.25) is 5.89 Å². The van der Waals surface area contributed by atoms with Gasteiger partial charge in [0.1, 0.15) is 11.3 Å². The highest BCUT2D eigenvalue weighted by atomic mass is 19.4. The van der Waals surface area contributed by atoms with Crippen molar-refractivity contribution in [3.8, 4) is 17.5 Å². The first-order valence-electron chi connectivity index (χ1n) is 13.1. The monoisotopic (exact) mass is 547 g/mol. The SMILES string of the molecule is CC(C)c1cc(C#N)cc2nc(-c3ccc(C(=O)NCC4CCN(c5cc(C(F)(F)F)ccn5)CC4)cc3)oc12. The lowest BCUT2D eigenvalue weighted by Crippen LogP contribution is -2.39. The van der Waals surface area contributed by atoms with Crippen LogP contribution in [-0.4, -0.2) is 35.5 Å². The quantitative estimate of drug-likeness (QED) is 0.294. The van der Waals surface area contributed by atoms with E-state index in [-0.39, 0.29) is 17.7 Å². The zero-order valence-electron chi connectivity index (χ0n) is 22.1. The smallest absolute Gasteiger partial charge is 0.416 e. The van der Waals surface area contributed by atoms with Gasteiger partial charge in [0.25, 0.3) is 5.91 Å². The molecule has 4 aromatic rings. The standard InChI is InChI=1S/C30H28F3N5O2/c1-18(2)24-13-20(16-34)14-25-27(24)40-29(37-25)22-5-3-21(4-6-22)28(39)36-17-19-8-11-38(12-9-19)26-15-23(7-10-35-26)30(31,32)33/h3-7,10,13-15,18-19H,8-9,11-12,17H2,1-2H3,(H,36,39). The summed E-state index contributed by atoms with van der Waals surface area (Å²) in [6, 6.07) is 14.7. The lowest BCUT2D eigenvalue weighted by Gasteiger charge is -2.33. The van der Waals surface area contributed by atoms with Crippen LogP contribution in [0.3, 0.4) is 0 Å². The number of nitrogens with zero attached hydrogens (tertiary/aromatic N) is 4. The van der Waals surface area contributed by atoms with Crippen molar-refractivity contribution >= 4 is 22.8 Å². The Balaban J connectivity index is 1.18. The van der Waals surface area contributed by atoms with Crippen LogP contribution >= 0.6 is 0 Å². The predicted molar refractivity (Wildman–Crippen MR) is 145 cm³/mol. The van der Waals surface area contributed by atoms with Crippen molar-refractivity contribution in [3.63, 3.8) is 0 Å². The maximum atomic E-state index is 13.0. The van der Waals surface area contributed by atoms with Crippen LogP contribution in [0.25, 0.3) is 22.6 Å². The topological polar surface area (TPSA) is 95.0 Å². The van der Waals surface area contributed by atoms with Gasteiger partial charge in [0.15, 0.2) is 5.58 Å². The minimum atomic E-state index is -4.40. The molecule has 1 saturated heterocycles. The predicted octanol–water partition coefficient (Wildman–Crippen LogP) is 6.55. The first-order valence-corrected chi connectivity index (χ1v) is 13.1. The number of benzene rings is 2. The number of pyridine rings is 1. The van der Waals surface area contributed by atoms with E-state index in [1.165, 1.54) is 6.20 Å². The molecule has 0 saturated carbocycles. The van der Waals surface area contributed by atoms with Gasteiger partial charge < -0.3 is 14.6 Å². The second kappa shape index (κ2) is 11.0. The Morgan fingerprint density at radius 3 is 2.52 bits per heavy atom. The third-order valence-electron chi connectivity index (χ3n) is 7.23. The highest BCUT2D eigenvalue weighted by Crippen LogP contribution is 2.33. The minimum Gasteiger partial charge on any atom is -0.436 e. The van der Waals surface area contributed by atoms with Gasteiger partial charge in [0, 0.05) is 42.5 Å². The molecule has 0 unspecified atom stereocenters. The Bertz CT molecular complexity index is 1560. The first-order chi connectivity index (χ1) is 19.1. The molecule has 0 aliphatic carbocycles. The number of hydrogen-bond acceptors (Lipinski definition) is 6. The number of alkyl halides is 3. The fourth-order valence-corrected chi connectivity index (χ4v) is 4.91. The number of anilines is 1. The minimum absolute atomic E-state index is 0.159. The van der Waals surface area contributed by atoms with Crippen molar-refractivity contribution in [2.24, 2.45) is 5.92 Å². The first kappa shape index (κ1) is 27.2. The number of carbonyl (C=O) groups is 1. The van der Waals surface area contributed by atoms with Crippen LogP contribution in [-0.2, 0) is 6.18 Å². The van der Waals surface area contributed by atoms with E-state index in [0.717, 1.165) is 36.1 Å². The van der Waals surface area contributed by atoms with E-state index in [1.54, 1.807) is 30.3 Å². The van der Waals surface area contributed by atoms with E-state index in [2.05, 4.69) is 21.4 Å². The van der Waals surface area contributed by atoms with Crippen molar-refractivity contribution in [1.82, 2.24) is 15.3 Å². The van der Waals surface area contributed by atoms with Gasteiger partial charge in [-0.1, -0.05) is 13.8 Å². The normalized spacial score (nSPS) is 14.5. The number of fused-ring (bicyclic) bond motifs is 1. The molecule has 0 radical (unpaired) electrons. The van der Waals surface area contributed by atoms with Crippen molar-refractivity contribution in [2.45, 2.75) is 38.8 Å². The number of carbonyl (C=O) groups excluding carboxylic acids is 1. The molecular weight excluding hydrogens is 519 g/mol. The van der Waals surface area contributed by atoms with Crippen LogP contribution in [0.5, 0.6) is 0 Å². The summed E-state index contributed by atoms with van der Waals surface area (Å²) in [5.41, 5.74) is 3.23. The Morgan fingerprint density at radius 2 is 1.88 bits per heavy atom. The second-order valence-corrected chi connectivity index (χ2v) is 10.3. The molecule has 0 spiro atoms. The zero-order chi connectivity index (χ0) is 28.4. The highest BCUT2D eigenvalue weighted by molar-refractivity contribution is 5.94. The van der Waals surface area contributed by atoms with Crippen LogP contribution < -0.4 is 10.2 Å². The largest absolute Gasteiger partial charge is 0.436 e. The summed E-state index contributed by atoms with van der Waals surface area (Å²) in [5, 5.41) is 12.3. The number of nitriles is 1. The van der Waals surface area contributed by atoms with Gasteiger partial charge in [-0.05, 0) is 73.2 Å². The van der Waals surface area contributed by atoms with E-state index in [4.69, 9.17) is 4.42 Å². The Labute approximate surface area is 229 Å². The number of nitrogens with one attached hydrogen (secondary N) is 1. The number of oxazole rings is 1. The molecular formula is C30H28F3N5O2. The van der Waals surface area contributed by atoms with Crippen LogP contribution in [0, 0.1) is 17.2 Å². The molecule has 7 nitrogen and oxygen atoms in total. The summed E-state index contributed by atoms with van der Waals surface area (Å²) < 4.78 is 45.1. The Kier molecular flexibility index (Phi) is 7.48. The van der Waals surface area contributed by atoms with Crippen molar-refractivity contribution in [2.75, 3.05) is 24.5 Å². The zero-order valence-corrected chi connectivity index (χ0v) is 22.1. The Hall–Kier alpha value is -4.39. The summed E-state index contributed by atoms with van der Waals surface area (Å²) in [5.74, 6) is 0.917. The maximum Gasteiger partial charge on any atom is 0.416 e. The molecule has 1 aliphatic rings. The Morgan fingerprint density at radius 1 is 1.15 bits per heavy atom. The van der Waals surface area contributed by atoms with Gasteiger partial charge in [-0.25, -0.2) is 9.97 Å². The second-order valence-electron chi connectivity index (χ2n) is 10.3. The van der Waals surface area contributed by atoms with Gasteiger partial charge in [-0.3, -0.25) is 4.79 Å². The molecule has 5 rings (SSSR count). The molecule has 1 N–H and O–H groups in total. The molecule has 1 amide bonds. The van der Waals surface area contributed by atoms with Gasteiger partial charge >= 0.3 is 6.18 Å². The molecule has 2 aromatic heterocycles. The van der Waals surface area contributed by atoms with Gasteiger partial charge in [0.05, 0.1) is 17.2 Å². The highest BCUT2D eigenvalue weighted by Gasteiger charge is 2.31. The van der Waals surface area contributed by atoms with E-state index in [1.807, 2.05) is 24.8 Å². The molecule has 0 atom stereocenters. The fourth-order valence-electron chi connectivity index (χ4n) is 4.91. The summed E-state index contributed by atoms with van der Waals surface area (Å²) in [6.45, 7) is 5.68. The van der Waals surface area contributed by atoms with Crippen LogP contribution in [0.15, 0.2) is 59.1 Å². The van der Waals surface area contributed by atoms with Gasteiger partial charge in [-0.2, -0.15) is 18.4 Å². The summed E-state index contributed by atoms with van der Waals surface area (Å²) in [4.78, 5) is 23.3. The van der Waals surface area contributed by atoms with Crippen LogP contribution in [0.1, 0.15) is 59.7 Å². The average Bonchev–Trinajstić information content (AvgIpc) is 3.39. The van der Waals surface area contributed by atoms with E-state index < -0.39 is 11.7 Å². The average molecular weight is 548 g/mol. The number of hydrogen-bond donors (Lipinski definition) is 1. The molecule has 2 aromatic carbocycles. The molecule has 40 heavy (non-hydrogen) atoms. The lowest BCUT2D eigenvalue weighted by atomic mass is 9.96. The van der Waals surface area contributed by atoms with Crippen molar-refractivity contribution in [3.05, 3.63) is 77.0 Å². The molecule has 0 bridgehead atoms. The summed E-state index contributed by atoms with van der Waals surface area (Å²) >= 11 is 0. The lowest BCUT2D eigenvalue weighted by molar-refractivity contribution is -0.137. The fraction of sp³-hybridized carbons (Fsp3) is 0.333. The molecule has 10 heteroatoms. The van der Waals surface area contributed by atoms with Crippen molar-refractivity contribution < 1.29 is 22.4 Å². The maximum absolute atomic E-state index is 13.0. The molecule has 1 aliphatic heterocycles. The third-order valence-corrected chi connectivity index (χ3v) is 7.23. The third kappa shape index (κ3) is 5.78. The number of aromatic nitrogens is 2. The molecule has 3 heterocycles. The van der Waals surface area contributed by atoms with E-state index in [0.29, 0.717) is 53.6 Å². The number of halogens is 3. The van der Waals surface area contributed by atoms with Gasteiger partial charge in [-0.15, -0.1) is 0 Å². The van der Waals surface area contributed by atoms with E-state index in [9.17, 15) is 23.2 Å². The number of piperidine rings is 1.